The second kappa shape index (κ2) is 10.2. The summed E-state index contributed by atoms with van der Waals surface area (Å²) < 4.78 is 27.5. The summed E-state index contributed by atoms with van der Waals surface area (Å²) in [6.45, 7) is 1.41. The van der Waals surface area contributed by atoms with Crippen molar-refractivity contribution in [1.82, 2.24) is 24.6 Å². The molecular weight excluding hydrogens is 598 g/mol. The Balaban J connectivity index is 1.46. The van der Waals surface area contributed by atoms with Gasteiger partial charge in [-0.25, -0.2) is 9.55 Å². The fourth-order valence-electron chi connectivity index (χ4n) is 3.43. The number of anilines is 1. The minimum atomic E-state index is -3.99. The van der Waals surface area contributed by atoms with Crippen molar-refractivity contribution in [3.63, 3.8) is 0 Å². The van der Waals surface area contributed by atoms with E-state index >= 15 is 0 Å². The van der Waals surface area contributed by atoms with Crippen LogP contribution in [0.15, 0.2) is 42.7 Å². The molecule has 3 aromatic rings. The second-order valence-corrected chi connectivity index (χ2v) is 11.0. The summed E-state index contributed by atoms with van der Waals surface area (Å²) >= 11 is 8.24. The van der Waals surface area contributed by atoms with E-state index in [2.05, 4.69) is 42.6 Å². The van der Waals surface area contributed by atoms with Crippen LogP contribution in [-0.2, 0) is 13.9 Å². The van der Waals surface area contributed by atoms with Gasteiger partial charge in [0.2, 0.25) is 5.95 Å². The Labute approximate surface area is 213 Å². The molecule has 0 spiro atoms. The summed E-state index contributed by atoms with van der Waals surface area (Å²) in [6, 6.07) is 5.59. The molecule has 1 aliphatic rings. The number of nitrogens with one attached hydrogen (secondary N) is 1. The first kappa shape index (κ1) is 24.9. The number of aliphatic carboxylic acids is 1. The van der Waals surface area contributed by atoms with Crippen molar-refractivity contribution < 1.29 is 23.5 Å². The number of carboxylic acid groups (broad SMARTS) is 1. The summed E-state index contributed by atoms with van der Waals surface area (Å²) in [5.41, 5.74) is 6.69. The average molecular weight is 619 g/mol. The van der Waals surface area contributed by atoms with Crippen molar-refractivity contribution >= 4 is 65.0 Å². The molecule has 4 rings (SSSR count). The van der Waals surface area contributed by atoms with Crippen LogP contribution in [0.2, 0.25) is 5.15 Å². The highest BCUT2D eigenvalue weighted by atomic mass is 127. The van der Waals surface area contributed by atoms with Crippen LogP contribution in [-0.4, -0.2) is 43.2 Å². The van der Waals surface area contributed by atoms with E-state index in [1.54, 1.807) is 30.6 Å². The van der Waals surface area contributed by atoms with Gasteiger partial charge in [0.25, 0.3) is 0 Å². The normalized spacial score (nSPS) is 20.3. The van der Waals surface area contributed by atoms with Crippen molar-refractivity contribution in [2.24, 2.45) is 5.92 Å². The number of rotatable bonds is 9. The fourth-order valence-corrected chi connectivity index (χ4v) is 5.56. The van der Waals surface area contributed by atoms with Crippen molar-refractivity contribution in [3.05, 3.63) is 51.5 Å². The third-order valence-corrected chi connectivity index (χ3v) is 7.75. The third kappa shape index (κ3) is 5.69. The van der Waals surface area contributed by atoms with Gasteiger partial charge in [0, 0.05) is 9.49 Å². The number of hydrogen-bond acceptors (Lipinski definition) is 8. The zero-order chi connectivity index (χ0) is 24.5. The largest absolute Gasteiger partial charge is 0.480 e. The number of carboxylic acids is 1. The van der Waals surface area contributed by atoms with E-state index in [9.17, 15) is 14.5 Å². The van der Waals surface area contributed by atoms with E-state index in [1.165, 1.54) is 6.92 Å². The van der Waals surface area contributed by atoms with Crippen LogP contribution in [0, 0.1) is 9.49 Å². The van der Waals surface area contributed by atoms with Crippen LogP contribution in [0.4, 0.5) is 5.95 Å². The molecule has 0 bridgehead atoms. The molecule has 2 unspecified atom stereocenters. The van der Waals surface area contributed by atoms with Crippen LogP contribution in [0.1, 0.15) is 19.4 Å². The molecule has 2 heterocycles. The van der Waals surface area contributed by atoms with Crippen molar-refractivity contribution in [1.29, 1.82) is 0 Å². The minimum absolute atomic E-state index is 0.0402. The maximum atomic E-state index is 13.4. The Hall–Kier alpha value is -2.25. The number of nitrogens with two attached hydrogens (primary N) is 1. The number of nitrogens with zero attached hydrogens (tertiary/aromatic N) is 4. The van der Waals surface area contributed by atoms with Crippen molar-refractivity contribution in [2.75, 3.05) is 12.3 Å². The van der Waals surface area contributed by atoms with E-state index in [0.717, 1.165) is 3.57 Å². The van der Waals surface area contributed by atoms with Crippen LogP contribution < -0.4 is 15.3 Å². The van der Waals surface area contributed by atoms with Gasteiger partial charge in [-0.05, 0) is 60.2 Å². The zero-order valence-electron chi connectivity index (χ0n) is 17.8. The molecule has 1 aliphatic carbocycles. The van der Waals surface area contributed by atoms with E-state index in [4.69, 9.17) is 26.4 Å². The molecule has 180 valence electrons. The molecular formula is C20H21ClIN6O5P. The molecule has 0 radical (unpaired) electrons. The molecule has 0 aliphatic heterocycles. The van der Waals surface area contributed by atoms with Crippen LogP contribution in [0.25, 0.3) is 11.2 Å². The lowest BCUT2D eigenvalue weighted by molar-refractivity contribution is -0.138. The Bertz CT molecular complexity index is 1290. The lowest BCUT2D eigenvalue weighted by Gasteiger charge is -2.23. The highest BCUT2D eigenvalue weighted by Gasteiger charge is 2.33. The van der Waals surface area contributed by atoms with Crippen molar-refractivity contribution in [2.45, 2.75) is 25.4 Å². The Kier molecular flexibility index (Phi) is 7.43. The van der Waals surface area contributed by atoms with Gasteiger partial charge < -0.3 is 19.9 Å². The number of benzene rings is 1. The first-order valence-electron chi connectivity index (χ1n) is 10.2. The molecule has 0 saturated carbocycles. The Morgan fingerprint density at radius 1 is 1.38 bits per heavy atom. The summed E-state index contributed by atoms with van der Waals surface area (Å²) in [7, 11) is -3.99. The summed E-state index contributed by atoms with van der Waals surface area (Å²) in [5.74, 6) is -0.948. The Morgan fingerprint density at radius 2 is 2.12 bits per heavy atom. The fraction of sp³-hybridized carbons (Fsp3) is 0.300. The Morgan fingerprint density at radius 3 is 2.82 bits per heavy atom. The van der Waals surface area contributed by atoms with Gasteiger partial charge >= 0.3 is 13.7 Å². The number of nitrogen functional groups attached to an aromatic ring is 1. The second-order valence-electron chi connectivity index (χ2n) is 7.67. The number of carbonyl (C=O) groups is 1. The highest BCUT2D eigenvalue weighted by Crippen LogP contribution is 2.46. The number of allylic oxidation sites excluding steroid dienone is 1. The number of aromatic nitrogens is 4. The molecule has 0 fully saturated rings. The predicted molar refractivity (Wildman–Crippen MR) is 135 cm³/mol. The van der Waals surface area contributed by atoms with Crippen LogP contribution >= 0.6 is 41.9 Å². The van der Waals surface area contributed by atoms with E-state index < -0.39 is 19.8 Å². The minimum Gasteiger partial charge on any atom is -0.480 e. The zero-order valence-corrected chi connectivity index (χ0v) is 21.6. The summed E-state index contributed by atoms with van der Waals surface area (Å²) in [6.07, 6.45) is 6.10. The highest BCUT2D eigenvalue weighted by molar-refractivity contribution is 14.1. The molecule has 0 saturated heterocycles. The van der Waals surface area contributed by atoms with Gasteiger partial charge in [-0.15, -0.1) is 0 Å². The molecule has 4 atom stereocenters. The molecule has 11 nitrogen and oxygen atoms in total. The topological polar surface area (TPSA) is 154 Å². The van der Waals surface area contributed by atoms with E-state index in [1.807, 2.05) is 16.7 Å². The number of imidazole rings is 1. The van der Waals surface area contributed by atoms with Gasteiger partial charge in [0.15, 0.2) is 10.8 Å². The summed E-state index contributed by atoms with van der Waals surface area (Å²) in [4.78, 5) is 23.7. The van der Waals surface area contributed by atoms with Gasteiger partial charge in [0.1, 0.15) is 17.3 Å². The number of halogens is 2. The third-order valence-electron chi connectivity index (χ3n) is 5.12. The van der Waals surface area contributed by atoms with Gasteiger partial charge in [-0.3, -0.25) is 9.32 Å². The smallest absolute Gasteiger partial charge is 0.459 e. The van der Waals surface area contributed by atoms with E-state index in [-0.39, 0.29) is 29.7 Å². The van der Waals surface area contributed by atoms with E-state index in [0.29, 0.717) is 23.3 Å². The monoisotopic (exact) mass is 618 g/mol. The standard InChI is InChI=1S/C20H21ClIN6O5P/c1-11(19(29)30)27-34(31,33-15-6-3-13(22)4-7-15)32-9-12-2-5-14(8-12)28-10-24-16-17(21)25-20(23)26-18(16)28/h2-7,10-12,14H,8-9H2,1H3,(H,27,31)(H,29,30)(H2,23,25,26)/t11?,12-,14+,34?/m1/s1. The quantitative estimate of drug-likeness (QED) is 0.138. The maximum Gasteiger partial charge on any atom is 0.459 e. The SMILES string of the molecule is CC(NP(=O)(OC[C@@H]1C=C[C@H](n2cnc3c(Cl)nc(N)nc32)C1)Oc1ccc(I)cc1)C(=O)O. The molecule has 0 amide bonds. The number of fused-ring (bicyclic) bond motifs is 1. The predicted octanol–water partition coefficient (Wildman–Crippen LogP) is 4.05. The molecule has 2 aromatic heterocycles. The van der Waals surface area contributed by atoms with Crippen LogP contribution in [0.5, 0.6) is 5.75 Å². The first-order chi connectivity index (χ1) is 16.1. The molecule has 4 N–H and O–H groups in total. The van der Waals surface area contributed by atoms with Gasteiger partial charge in [-0.1, -0.05) is 23.8 Å². The maximum absolute atomic E-state index is 13.4. The van der Waals surface area contributed by atoms with Crippen molar-refractivity contribution in [3.8, 4) is 5.75 Å². The lowest BCUT2D eigenvalue weighted by atomic mass is 10.1. The lowest BCUT2D eigenvalue weighted by Crippen LogP contribution is -2.33. The summed E-state index contributed by atoms with van der Waals surface area (Å²) in [5, 5.41) is 11.9. The van der Waals surface area contributed by atoms with Crippen LogP contribution in [0.3, 0.4) is 0 Å². The average Bonchev–Trinajstić information content (AvgIpc) is 3.41. The molecule has 1 aromatic carbocycles. The first-order valence-corrected chi connectivity index (χ1v) is 13.2. The molecule has 14 heteroatoms. The number of hydrogen-bond donors (Lipinski definition) is 3. The molecule has 34 heavy (non-hydrogen) atoms. The van der Waals surface area contributed by atoms with Gasteiger partial charge in [-0.2, -0.15) is 15.1 Å². The van der Waals surface area contributed by atoms with Gasteiger partial charge in [0.05, 0.1) is 19.0 Å².